The van der Waals surface area contributed by atoms with Crippen molar-refractivity contribution in [2.45, 2.75) is 25.8 Å². The van der Waals surface area contributed by atoms with Gasteiger partial charge in [-0.25, -0.2) is 15.0 Å². The van der Waals surface area contributed by atoms with Crippen LogP contribution in [-0.4, -0.2) is 21.5 Å². The number of hydrogen-bond acceptors (Lipinski definition) is 5. The Hall–Kier alpha value is -1.01. The maximum Gasteiger partial charge on any atom is 0.225 e. The molecule has 0 aromatic carbocycles. The van der Waals surface area contributed by atoms with Crippen molar-refractivity contribution in [3.63, 3.8) is 0 Å². The quantitative estimate of drug-likeness (QED) is 0.849. The smallest absolute Gasteiger partial charge is 0.225 e. The fraction of sp³-hybridized carbons (Fsp3) is 0.417. The first kappa shape index (κ1) is 12.0. The molecule has 4 nitrogen and oxygen atoms in total. The Kier molecular flexibility index (Phi) is 3.30. The third kappa shape index (κ3) is 2.27. The molecule has 0 aliphatic carbocycles. The molecule has 18 heavy (non-hydrogen) atoms. The molecule has 1 aliphatic heterocycles. The van der Waals surface area contributed by atoms with Crippen molar-refractivity contribution >= 4 is 33.2 Å². The molecular formula is C12H13BrN4S. The van der Waals surface area contributed by atoms with Crippen LogP contribution in [0.5, 0.6) is 0 Å². The van der Waals surface area contributed by atoms with Crippen molar-refractivity contribution in [1.82, 2.24) is 15.0 Å². The molecule has 0 radical (unpaired) electrons. The SMILES string of the molecule is Cc1nc(C2CCCN2c2ncc(Br)cn2)cs1. The summed E-state index contributed by atoms with van der Waals surface area (Å²) in [5.74, 6) is 0.798. The van der Waals surface area contributed by atoms with Crippen molar-refractivity contribution < 1.29 is 0 Å². The van der Waals surface area contributed by atoms with Gasteiger partial charge in [0.1, 0.15) is 0 Å². The van der Waals surface area contributed by atoms with Gasteiger partial charge in [0.05, 0.1) is 21.2 Å². The van der Waals surface area contributed by atoms with Crippen molar-refractivity contribution in [3.8, 4) is 0 Å². The van der Waals surface area contributed by atoms with E-state index in [2.05, 4.69) is 41.2 Å². The zero-order valence-corrected chi connectivity index (χ0v) is 12.4. The number of aryl methyl sites for hydroxylation is 1. The first-order valence-electron chi connectivity index (χ1n) is 5.90. The monoisotopic (exact) mass is 324 g/mol. The summed E-state index contributed by atoms with van der Waals surface area (Å²) >= 11 is 5.07. The summed E-state index contributed by atoms with van der Waals surface area (Å²) < 4.78 is 0.909. The van der Waals surface area contributed by atoms with E-state index >= 15 is 0 Å². The van der Waals surface area contributed by atoms with Crippen LogP contribution in [0, 0.1) is 6.92 Å². The Balaban J connectivity index is 1.89. The van der Waals surface area contributed by atoms with Crippen LogP contribution in [0.2, 0.25) is 0 Å². The van der Waals surface area contributed by atoms with Crippen molar-refractivity contribution in [2.75, 3.05) is 11.4 Å². The van der Waals surface area contributed by atoms with Crippen molar-refractivity contribution in [1.29, 1.82) is 0 Å². The first-order valence-corrected chi connectivity index (χ1v) is 7.57. The number of aromatic nitrogens is 3. The molecule has 1 aliphatic rings. The second kappa shape index (κ2) is 4.93. The summed E-state index contributed by atoms with van der Waals surface area (Å²) in [5, 5.41) is 3.27. The highest BCUT2D eigenvalue weighted by molar-refractivity contribution is 9.10. The lowest BCUT2D eigenvalue weighted by atomic mass is 10.2. The number of halogens is 1. The topological polar surface area (TPSA) is 41.9 Å². The number of nitrogens with zero attached hydrogens (tertiary/aromatic N) is 4. The lowest BCUT2D eigenvalue weighted by Crippen LogP contribution is -2.24. The summed E-state index contributed by atoms with van der Waals surface area (Å²) in [7, 11) is 0. The van der Waals surface area contributed by atoms with Gasteiger partial charge in [-0.3, -0.25) is 0 Å². The van der Waals surface area contributed by atoms with Crippen LogP contribution in [-0.2, 0) is 0 Å². The third-order valence-electron chi connectivity index (χ3n) is 3.09. The van der Waals surface area contributed by atoms with E-state index in [1.54, 1.807) is 23.7 Å². The van der Waals surface area contributed by atoms with Gasteiger partial charge in [-0.15, -0.1) is 11.3 Å². The summed E-state index contributed by atoms with van der Waals surface area (Å²) in [5.41, 5.74) is 1.15. The Morgan fingerprint density at radius 3 is 2.83 bits per heavy atom. The van der Waals surface area contributed by atoms with Gasteiger partial charge in [0, 0.05) is 24.3 Å². The van der Waals surface area contributed by atoms with E-state index in [4.69, 9.17) is 0 Å². The van der Waals surface area contributed by atoms with E-state index in [0.29, 0.717) is 6.04 Å². The van der Waals surface area contributed by atoms with E-state index in [0.717, 1.165) is 34.1 Å². The minimum absolute atomic E-state index is 0.330. The molecule has 1 fully saturated rings. The zero-order valence-electron chi connectivity index (χ0n) is 10.0. The van der Waals surface area contributed by atoms with E-state index in [-0.39, 0.29) is 0 Å². The first-order chi connectivity index (χ1) is 8.74. The standard InChI is InChI=1S/C12H13BrN4S/c1-8-16-10(7-18-8)11-3-2-4-17(11)12-14-5-9(13)6-15-12/h5-7,11H,2-4H2,1H3. The molecule has 1 atom stereocenters. The summed E-state index contributed by atoms with van der Waals surface area (Å²) in [6, 6.07) is 0.330. The number of anilines is 1. The Morgan fingerprint density at radius 2 is 2.17 bits per heavy atom. The number of thiazole rings is 1. The summed E-state index contributed by atoms with van der Waals surface area (Å²) in [6.45, 7) is 3.05. The lowest BCUT2D eigenvalue weighted by molar-refractivity contribution is 0.682. The second-order valence-corrected chi connectivity index (χ2v) is 6.32. The Bertz CT molecular complexity index is 539. The van der Waals surface area contributed by atoms with Crippen LogP contribution in [0.3, 0.4) is 0 Å². The molecule has 6 heteroatoms. The molecule has 0 amide bonds. The third-order valence-corrected chi connectivity index (χ3v) is 4.30. The van der Waals surface area contributed by atoms with E-state index in [1.807, 2.05) is 6.92 Å². The molecule has 0 saturated carbocycles. The maximum atomic E-state index is 4.60. The van der Waals surface area contributed by atoms with Gasteiger partial charge in [0.2, 0.25) is 5.95 Å². The molecule has 1 unspecified atom stereocenters. The summed E-state index contributed by atoms with van der Waals surface area (Å²) in [4.78, 5) is 15.6. The Labute approximate surface area is 118 Å². The lowest BCUT2D eigenvalue weighted by Gasteiger charge is -2.23. The van der Waals surface area contributed by atoms with E-state index in [9.17, 15) is 0 Å². The highest BCUT2D eigenvalue weighted by Crippen LogP contribution is 2.34. The van der Waals surface area contributed by atoms with Gasteiger partial charge in [0.15, 0.2) is 0 Å². The fourth-order valence-corrected chi connectivity index (χ4v) is 3.16. The maximum absolute atomic E-state index is 4.60. The molecule has 2 aromatic rings. The van der Waals surface area contributed by atoms with Gasteiger partial charge in [0.25, 0.3) is 0 Å². The van der Waals surface area contributed by atoms with Crippen molar-refractivity contribution in [3.05, 3.63) is 32.9 Å². The molecule has 2 aromatic heterocycles. The predicted molar refractivity (Wildman–Crippen MR) is 75.9 cm³/mol. The van der Waals surface area contributed by atoms with Gasteiger partial charge >= 0.3 is 0 Å². The molecule has 0 N–H and O–H groups in total. The highest BCUT2D eigenvalue weighted by Gasteiger charge is 2.29. The fourth-order valence-electron chi connectivity index (χ4n) is 2.30. The average Bonchev–Trinajstić information content (AvgIpc) is 2.98. The minimum atomic E-state index is 0.330. The van der Waals surface area contributed by atoms with Crippen LogP contribution in [0.25, 0.3) is 0 Å². The minimum Gasteiger partial charge on any atom is -0.332 e. The Morgan fingerprint density at radius 1 is 1.39 bits per heavy atom. The molecule has 94 valence electrons. The summed E-state index contributed by atoms with van der Waals surface area (Å²) in [6.07, 6.45) is 5.89. The van der Waals surface area contributed by atoms with Gasteiger partial charge in [-0.05, 0) is 35.7 Å². The molecule has 3 rings (SSSR count). The molecule has 0 spiro atoms. The normalized spacial score (nSPS) is 19.4. The molecule has 1 saturated heterocycles. The second-order valence-electron chi connectivity index (χ2n) is 4.34. The van der Waals surface area contributed by atoms with E-state index < -0.39 is 0 Å². The van der Waals surface area contributed by atoms with Gasteiger partial charge in [-0.1, -0.05) is 0 Å². The van der Waals surface area contributed by atoms with Crippen LogP contribution >= 0.6 is 27.3 Å². The van der Waals surface area contributed by atoms with Crippen molar-refractivity contribution in [2.24, 2.45) is 0 Å². The molecule has 3 heterocycles. The highest BCUT2D eigenvalue weighted by atomic mass is 79.9. The van der Waals surface area contributed by atoms with Gasteiger partial charge in [-0.2, -0.15) is 0 Å². The van der Waals surface area contributed by atoms with Crippen LogP contribution in [0.1, 0.15) is 29.6 Å². The molecular weight excluding hydrogens is 312 g/mol. The van der Waals surface area contributed by atoms with Crippen LogP contribution < -0.4 is 4.90 Å². The zero-order chi connectivity index (χ0) is 12.5. The number of hydrogen-bond donors (Lipinski definition) is 0. The predicted octanol–water partition coefficient (Wildman–Crippen LogP) is 3.35. The number of rotatable bonds is 2. The molecule has 0 bridgehead atoms. The van der Waals surface area contributed by atoms with Crippen LogP contribution in [0.4, 0.5) is 5.95 Å². The average molecular weight is 325 g/mol. The largest absolute Gasteiger partial charge is 0.332 e. The van der Waals surface area contributed by atoms with Crippen LogP contribution in [0.15, 0.2) is 22.2 Å². The van der Waals surface area contributed by atoms with E-state index in [1.165, 1.54) is 6.42 Å². The van der Waals surface area contributed by atoms with Gasteiger partial charge < -0.3 is 4.90 Å².